The molecule has 0 aliphatic carbocycles. The van der Waals surface area contributed by atoms with E-state index in [-0.39, 0.29) is 0 Å². The SMILES string of the molecule is Cc1ccc(C(CNC(C)C)N(C)C)o1. The standard InChI is InChI=1S/C12H22N2O/c1-9(2)13-8-11(14(4)5)12-7-6-10(3)15-12/h6-7,9,11,13H,8H2,1-5H3. The van der Waals surface area contributed by atoms with Crippen LogP contribution in [-0.2, 0) is 0 Å². The zero-order chi connectivity index (χ0) is 11.4. The molecule has 3 heteroatoms. The van der Waals surface area contributed by atoms with Gasteiger partial charge in [-0.25, -0.2) is 0 Å². The minimum atomic E-state index is 0.307. The Kier molecular flexibility index (Phi) is 4.36. The first-order chi connectivity index (χ1) is 7.00. The molecule has 15 heavy (non-hydrogen) atoms. The smallest absolute Gasteiger partial charge is 0.122 e. The van der Waals surface area contributed by atoms with Gasteiger partial charge in [0.1, 0.15) is 11.5 Å². The molecular formula is C12H22N2O. The molecule has 0 radical (unpaired) electrons. The van der Waals surface area contributed by atoms with Crippen molar-refractivity contribution in [3.05, 3.63) is 23.7 Å². The molecule has 86 valence electrons. The van der Waals surface area contributed by atoms with Crippen molar-refractivity contribution in [2.45, 2.75) is 32.9 Å². The van der Waals surface area contributed by atoms with Gasteiger partial charge in [-0.15, -0.1) is 0 Å². The maximum absolute atomic E-state index is 5.66. The normalized spacial score (nSPS) is 13.8. The minimum absolute atomic E-state index is 0.307. The second-order valence-corrected chi connectivity index (χ2v) is 4.49. The second kappa shape index (κ2) is 5.33. The van der Waals surface area contributed by atoms with E-state index in [9.17, 15) is 0 Å². The van der Waals surface area contributed by atoms with Crippen LogP contribution in [0.1, 0.15) is 31.4 Å². The summed E-state index contributed by atoms with van der Waals surface area (Å²) in [5, 5.41) is 3.43. The monoisotopic (exact) mass is 210 g/mol. The van der Waals surface area contributed by atoms with Crippen LogP contribution in [0, 0.1) is 6.92 Å². The number of nitrogens with zero attached hydrogens (tertiary/aromatic N) is 1. The van der Waals surface area contributed by atoms with Crippen molar-refractivity contribution < 1.29 is 4.42 Å². The third-order valence-electron chi connectivity index (χ3n) is 2.43. The molecule has 1 N–H and O–H groups in total. The largest absolute Gasteiger partial charge is 0.465 e. The van der Waals surface area contributed by atoms with Crippen molar-refractivity contribution in [3.63, 3.8) is 0 Å². The molecule has 0 saturated carbocycles. The van der Waals surface area contributed by atoms with Gasteiger partial charge in [-0.2, -0.15) is 0 Å². The average Bonchev–Trinajstić information content (AvgIpc) is 2.51. The Labute approximate surface area is 92.5 Å². The quantitative estimate of drug-likeness (QED) is 0.807. The Bertz CT molecular complexity index is 292. The van der Waals surface area contributed by atoms with Gasteiger partial charge in [0.05, 0.1) is 6.04 Å². The van der Waals surface area contributed by atoms with Gasteiger partial charge in [0.2, 0.25) is 0 Å². The molecule has 1 aromatic heterocycles. The van der Waals surface area contributed by atoms with Crippen LogP contribution in [0.25, 0.3) is 0 Å². The van der Waals surface area contributed by atoms with E-state index in [4.69, 9.17) is 4.42 Å². The van der Waals surface area contributed by atoms with Crippen LogP contribution >= 0.6 is 0 Å². The van der Waals surface area contributed by atoms with E-state index >= 15 is 0 Å². The number of rotatable bonds is 5. The fourth-order valence-electron chi connectivity index (χ4n) is 1.52. The molecule has 1 atom stereocenters. The predicted molar refractivity (Wildman–Crippen MR) is 63.0 cm³/mol. The van der Waals surface area contributed by atoms with Gasteiger partial charge >= 0.3 is 0 Å². The number of hydrogen-bond acceptors (Lipinski definition) is 3. The Hall–Kier alpha value is -0.800. The molecule has 0 amide bonds. The number of hydrogen-bond donors (Lipinski definition) is 1. The van der Waals surface area contributed by atoms with Gasteiger partial charge in [-0.1, -0.05) is 13.8 Å². The maximum Gasteiger partial charge on any atom is 0.122 e. The highest BCUT2D eigenvalue weighted by molar-refractivity contribution is 5.10. The van der Waals surface area contributed by atoms with Crippen LogP contribution in [0.4, 0.5) is 0 Å². The molecule has 1 unspecified atom stereocenters. The summed E-state index contributed by atoms with van der Waals surface area (Å²) in [6.07, 6.45) is 0. The Morgan fingerprint density at radius 2 is 2.00 bits per heavy atom. The lowest BCUT2D eigenvalue weighted by atomic mass is 10.2. The highest BCUT2D eigenvalue weighted by Gasteiger charge is 2.17. The van der Waals surface area contributed by atoms with Crippen LogP contribution < -0.4 is 5.32 Å². The molecule has 0 spiro atoms. The Morgan fingerprint density at radius 3 is 2.40 bits per heavy atom. The van der Waals surface area contributed by atoms with Gasteiger partial charge in [0, 0.05) is 12.6 Å². The van der Waals surface area contributed by atoms with Crippen molar-refractivity contribution in [1.29, 1.82) is 0 Å². The summed E-state index contributed by atoms with van der Waals surface area (Å²) in [6.45, 7) is 7.20. The van der Waals surface area contributed by atoms with Gasteiger partial charge in [-0.3, -0.25) is 4.90 Å². The van der Waals surface area contributed by atoms with Crippen LogP contribution in [0.15, 0.2) is 16.5 Å². The zero-order valence-corrected chi connectivity index (χ0v) is 10.4. The number of nitrogens with one attached hydrogen (secondary N) is 1. The molecule has 0 saturated heterocycles. The molecule has 1 rings (SSSR count). The highest BCUT2D eigenvalue weighted by atomic mass is 16.3. The number of likely N-dealkylation sites (N-methyl/N-ethyl adjacent to an activating group) is 1. The summed E-state index contributed by atoms with van der Waals surface area (Å²) in [7, 11) is 4.15. The van der Waals surface area contributed by atoms with E-state index in [1.165, 1.54) is 0 Å². The van der Waals surface area contributed by atoms with E-state index < -0.39 is 0 Å². The molecule has 0 aliphatic rings. The van der Waals surface area contributed by atoms with Gasteiger partial charge in [0.15, 0.2) is 0 Å². The van der Waals surface area contributed by atoms with Gasteiger partial charge in [0.25, 0.3) is 0 Å². The fourth-order valence-corrected chi connectivity index (χ4v) is 1.52. The topological polar surface area (TPSA) is 28.4 Å². The van der Waals surface area contributed by atoms with E-state index in [0.29, 0.717) is 12.1 Å². The lowest BCUT2D eigenvalue weighted by molar-refractivity contribution is 0.244. The summed E-state index contributed by atoms with van der Waals surface area (Å²) < 4.78 is 5.66. The van der Waals surface area contributed by atoms with E-state index in [2.05, 4.69) is 44.2 Å². The molecule has 3 nitrogen and oxygen atoms in total. The van der Waals surface area contributed by atoms with E-state index in [0.717, 1.165) is 18.1 Å². The predicted octanol–water partition coefficient (Wildman–Crippen LogP) is 2.19. The van der Waals surface area contributed by atoms with Crippen molar-refractivity contribution in [3.8, 4) is 0 Å². The molecule has 1 aromatic rings. The second-order valence-electron chi connectivity index (χ2n) is 4.49. The Balaban J connectivity index is 2.66. The van der Waals surface area contributed by atoms with Gasteiger partial charge in [-0.05, 0) is 33.2 Å². The number of furan rings is 1. The van der Waals surface area contributed by atoms with E-state index in [1.807, 2.05) is 13.0 Å². The fraction of sp³-hybridized carbons (Fsp3) is 0.667. The zero-order valence-electron chi connectivity index (χ0n) is 10.4. The van der Waals surface area contributed by atoms with Crippen molar-refractivity contribution in [1.82, 2.24) is 10.2 Å². The first kappa shape index (κ1) is 12.3. The van der Waals surface area contributed by atoms with Crippen molar-refractivity contribution in [2.75, 3.05) is 20.6 Å². The third-order valence-corrected chi connectivity index (χ3v) is 2.43. The molecule has 1 heterocycles. The summed E-state index contributed by atoms with van der Waals surface area (Å²) in [4.78, 5) is 2.17. The van der Waals surface area contributed by atoms with E-state index in [1.54, 1.807) is 0 Å². The average molecular weight is 210 g/mol. The molecule has 0 aliphatic heterocycles. The molecule has 0 fully saturated rings. The maximum atomic E-state index is 5.66. The molecular weight excluding hydrogens is 188 g/mol. The summed E-state index contributed by atoms with van der Waals surface area (Å²) >= 11 is 0. The minimum Gasteiger partial charge on any atom is -0.465 e. The Morgan fingerprint density at radius 1 is 1.33 bits per heavy atom. The van der Waals surface area contributed by atoms with Crippen LogP contribution in [0.3, 0.4) is 0 Å². The third kappa shape index (κ3) is 3.68. The first-order valence-electron chi connectivity index (χ1n) is 5.47. The molecule has 0 bridgehead atoms. The summed E-state index contributed by atoms with van der Waals surface area (Å²) in [5.74, 6) is 2.01. The molecule has 0 aromatic carbocycles. The van der Waals surface area contributed by atoms with Crippen LogP contribution in [0.2, 0.25) is 0 Å². The highest BCUT2D eigenvalue weighted by Crippen LogP contribution is 2.19. The van der Waals surface area contributed by atoms with Gasteiger partial charge < -0.3 is 9.73 Å². The lowest BCUT2D eigenvalue weighted by Crippen LogP contribution is -2.34. The lowest BCUT2D eigenvalue weighted by Gasteiger charge is -2.23. The van der Waals surface area contributed by atoms with Crippen LogP contribution in [-0.4, -0.2) is 31.6 Å². The first-order valence-corrected chi connectivity index (χ1v) is 5.47. The summed E-state index contributed by atoms with van der Waals surface area (Å²) in [6, 6.07) is 4.88. The van der Waals surface area contributed by atoms with Crippen molar-refractivity contribution >= 4 is 0 Å². The van der Waals surface area contributed by atoms with Crippen LogP contribution in [0.5, 0.6) is 0 Å². The summed E-state index contributed by atoms with van der Waals surface area (Å²) in [5.41, 5.74) is 0. The van der Waals surface area contributed by atoms with Crippen molar-refractivity contribution in [2.24, 2.45) is 0 Å². The number of aryl methyl sites for hydroxylation is 1.